The topological polar surface area (TPSA) is 124 Å². The van der Waals surface area contributed by atoms with Crippen LogP contribution in [0.15, 0.2) is 66.1 Å². The summed E-state index contributed by atoms with van der Waals surface area (Å²) in [7, 11) is 1.56. The number of carbonyl (C=O) groups excluding carboxylic acids is 1. The van der Waals surface area contributed by atoms with Gasteiger partial charge in [-0.15, -0.1) is 0 Å². The number of nitrogens with zero attached hydrogens (tertiary/aromatic N) is 4. The van der Waals surface area contributed by atoms with Gasteiger partial charge < -0.3 is 15.4 Å². The Morgan fingerprint density at radius 2 is 1.97 bits per heavy atom. The number of fused-ring (bicyclic) bond motifs is 1. The number of carbonyl (C=O) groups is 1. The number of aromatic nitrogens is 3. The smallest absolute Gasteiger partial charge is 0.275 e. The van der Waals surface area contributed by atoms with E-state index < -0.39 is 16.9 Å². The molecule has 1 atom stereocenters. The molecule has 0 saturated heterocycles. The number of hydrogen-bond donors (Lipinski definition) is 2. The minimum atomic E-state index is -0.816. The van der Waals surface area contributed by atoms with Gasteiger partial charge in [-0.2, -0.15) is 10.1 Å². The molecule has 1 aromatic heterocycles. The molecule has 2 N–H and O–H groups in total. The van der Waals surface area contributed by atoms with Crippen LogP contribution in [-0.4, -0.2) is 32.7 Å². The Kier molecular flexibility index (Phi) is 4.88. The van der Waals surface area contributed by atoms with E-state index >= 15 is 0 Å². The zero-order valence-corrected chi connectivity index (χ0v) is 16.2. The van der Waals surface area contributed by atoms with Gasteiger partial charge in [-0.1, -0.05) is 12.1 Å². The highest BCUT2D eigenvalue weighted by molar-refractivity contribution is 6.06. The highest BCUT2D eigenvalue weighted by atomic mass is 16.6. The van der Waals surface area contributed by atoms with E-state index in [0.29, 0.717) is 34.2 Å². The number of nitrogens with one attached hydrogen (secondary N) is 2. The molecule has 30 heavy (non-hydrogen) atoms. The van der Waals surface area contributed by atoms with Crippen molar-refractivity contribution in [1.29, 1.82) is 0 Å². The second kappa shape index (κ2) is 7.66. The predicted octanol–water partition coefficient (Wildman–Crippen LogP) is 3.12. The van der Waals surface area contributed by atoms with Crippen molar-refractivity contribution in [3.63, 3.8) is 0 Å². The highest BCUT2D eigenvalue weighted by Crippen LogP contribution is 2.38. The van der Waals surface area contributed by atoms with Crippen LogP contribution in [0.1, 0.15) is 18.5 Å². The lowest BCUT2D eigenvalue weighted by atomic mass is 9.93. The summed E-state index contributed by atoms with van der Waals surface area (Å²) in [4.78, 5) is 28.6. The molecule has 2 heterocycles. The summed E-state index contributed by atoms with van der Waals surface area (Å²) in [6, 6.07) is 12.4. The number of hydrogen-bond acceptors (Lipinski definition) is 7. The van der Waals surface area contributed by atoms with Crippen molar-refractivity contribution in [2.24, 2.45) is 0 Å². The molecule has 1 amide bonds. The van der Waals surface area contributed by atoms with Crippen molar-refractivity contribution < 1.29 is 14.5 Å². The Balaban J connectivity index is 1.78. The van der Waals surface area contributed by atoms with Crippen LogP contribution < -0.4 is 15.4 Å². The molecule has 0 spiro atoms. The van der Waals surface area contributed by atoms with Gasteiger partial charge in [0, 0.05) is 17.5 Å². The van der Waals surface area contributed by atoms with Gasteiger partial charge in [-0.3, -0.25) is 14.9 Å². The summed E-state index contributed by atoms with van der Waals surface area (Å²) in [5.41, 5.74) is 1.64. The van der Waals surface area contributed by atoms with Gasteiger partial charge in [0.05, 0.1) is 23.2 Å². The van der Waals surface area contributed by atoms with Gasteiger partial charge in [0.1, 0.15) is 18.1 Å². The van der Waals surface area contributed by atoms with Crippen LogP contribution in [0.5, 0.6) is 5.75 Å². The van der Waals surface area contributed by atoms with Crippen molar-refractivity contribution in [2.45, 2.75) is 13.0 Å². The van der Waals surface area contributed by atoms with E-state index in [4.69, 9.17) is 4.74 Å². The Morgan fingerprint density at radius 3 is 2.67 bits per heavy atom. The molecule has 152 valence electrons. The third kappa shape index (κ3) is 3.34. The first-order chi connectivity index (χ1) is 14.5. The number of benzene rings is 2. The largest absolute Gasteiger partial charge is 0.497 e. The van der Waals surface area contributed by atoms with Crippen LogP contribution in [0.2, 0.25) is 0 Å². The van der Waals surface area contributed by atoms with E-state index in [0.717, 1.165) is 0 Å². The molecule has 2 aromatic carbocycles. The average Bonchev–Trinajstić information content (AvgIpc) is 3.21. The maximum atomic E-state index is 13.3. The van der Waals surface area contributed by atoms with Gasteiger partial charge in [0.2, 0.25) is 5.95 Å². The van der Waals surface area contributed by atoms with Gasteiger partial charge in [-0.05, 0) is 37.3 Å². The molecule has 3 aromatic rings. The maximum absolute atomic E-state index is 13.3. The third-order valence-corrected chi connectivity index (χ3v) is 4.81. The molecule has 0 saturated carbocycles. The molecule has 0 unspecified atom stereocenters. The number of ether oxygens (including phenoxy) is 1. The first-order valence-electron chi connectivity index (χ1n) is 9.05. The average molecular weight is 406 g/mol. The summed E-state index contributed by atoms with van der Waals surface area (Å²) in [6.45, 7) is 1.73. The number of nitro benzene ring substituents is 1. The highest BCUT2D eigenvalue weighted by Gasteiger charge is 2.36. The van der Waals surface area contributed by atoms with E-state index in [9.17, 15) is 14.9 Å². The van der Waals surface area contributed by atoms with E-state index in [1.54, 1.807) is 56.5 Å². The van der Waals surface area contributed by atoms with E-state index in [1.165, 1.54) is 17.1 Å². The lowest BCUT2D eigenvalue weighted by molar-refractivity contribution is -0.385. The van der Waals surface area contributed by atoms with Gasteiger partial charge in [-0.25, -0.2) is 4.68 Å². The Bertz CT molecular complexity index is 1150. The fourth-order valence-electron chi connectivity index (χ4n) is 3.43. The minimum absolute atomic E-state index is 0.103. The van der Waals surface area contributed by atoms with Crippen molar-refractivity contribution in [3.8, 4) is 5.75 Å². The first-order valence-corrected chi connectivity index (χ1v) is 9.05. The molecule has 1 aliphatic heterocycles. The second-order valence-electron chi connectivity index (χ2n) is 6.59. The summed E-state index contributed by atoms with van der Waals surface area (Å²) < 4.78 is 6.60. The summed E-state index contributed by atoms with van der Waals surface area (Å²) in [6.07, 6.45) is 1.34. The Labute approximate surface area is 171 Å². The zero-order valence-electron chi connectivity index (χ0n) is 16.2. The Hall–Kier alpha value is -4.21. The van der Waals surface area contributed by atoms with Crippen LogP contribution >= 0.6 is 0 Å². The number of amides is 1. The fraction of sp³-hybridized carbons (Fsp3) is 0.150. The number of nitro groups is 1. The quantitative estimate of drug-likeness (QED) is 0.493. The van der Waals surface area contributed by atoms with Gasteiger partial charge in [0.25, 0.3) is 11.6 Å². The zero-order chi connectivity index (χ0) is 21.3. The van der Waals surface area contributed by atoms with Crippen LogP contribution in [0, 0.1) is 10.1 Å². The van der Waals surface area contributed by atoms with Crippen LogP contribution in [0.25, 0.3) is 0 Å². The van der Waals surface area contributed by atoms with Gasteiger partial charge >= 0.3 is 0 Å². The summed E-state index contributed by atoms with van der Waals surface area (Å²) >= 11 is 0. The maximum Gasteiger partial charge on any atom is 0.275 e. The van der Waals surface area contributed by atoms with E-state index in [1.807, 2.05) is 0 Å². The molecular formula is C20H18N6O4. The van der Waals surface area contributed by atoms with Crippen LogP contribution in [-0.2, 0) is 4.79 Å². The Morgan fingerprint density at radius 1 is 1.23 bits per heavy atom. The van der Waals surface area contributed by atoms with Crippen molar-refractivity contribution in [2.75, 3.05) is 17.7 Å². The molecule has 0 fully saturated rings. The minimum Gasteiger partial charge on any atom is -0.497 e. The van der Waals surface area contributed by atoms with Crippen molar-refractivity contribution in [1.82, 2.24) is 14.8 Å². The number of allylic oxidation sites excluding steroid dienone is 1. The number of methoxy groups -OCH3 is 1. The number of rotatable bonds is 5. The number of para-hydroxylation sites is 1. The van der Waals surface area contributed by atoms with Crippen LogP contribution in [0.3, 0.4) is 0 Å². The monoisotopic (exact) mass is 406 g/mol. The number of anilines is 2. The molecule has 0 bridgehead atoms. The molecule has 0 aliphatic carbocycles. The second-order valence-corrected chi connectivity index (χ2v) is 6.59. The van der Waals surface area contributed by atoms with Crippen molar-refractivity contribution in [3.05, 3.63) is 81.8 Å². The molecule has 0 radical (unpaired) electrons. The predicted molar refractivity (Wildman–Crippen MR) is 109 cm³/mol. The molecule has 1 aliphatic rings. The van der Waals surface area contributed by atoms with Crippen LogP contribution in [0.4, 0.5) is 17.3 Å². The van der Waals surface area contributed by atoms with Crippen molar-refractivity contribution >= 4 is 23.2 Å². The molecular weight excluding hydrogens is 388 g/mol. The molecule has 4 rings (SSSR count). The lowest BCUT2D eigenvalue weighted by Gasteiger charge is -2.28. The lowest BCUT2D eigenvalue weighted by Crippen LogP contribution is -2.31. The summed E-state index contributed by atoms with van der Waals surface area (Å²) in [5, 5.41) is 21.7. The fourth-order valence-corrected chi connectivity index (χ4v) is 3.43. The SMILES string of the molecule is COc1ccc(NC(=O)C2=C(C)Nc3ncnn3[C@@H]2c2ccccc2[N+](=O)[O-])cc1. The third-order valence-electron chi connectivity index (χ3n) is 4.81. The molecule has 10 nitrogen and oxygen atoms in total. The summed E-state index contributed by atoms with van der Waals surface area (Å²) in [5.74, 6) is 0.652. The first kappa shape index (κ1) is 19.1. The standard InChI is InChI=1S/C20H18N6O4/c1-12-17(19(27)24-13-7-9-14(30-2)10-8-13)18(25-20(23-12)21-11-22-25)15-5-3-4-6-16(15)26(28)29/h3-11,18H,1-2H3,(H,24,27)(H,21,22,23)/t18-/m1/s1. The van der Waals surface area contributed by atoms with E-state index in [2.05, 4.69) is 20.7 Å². The van der Waals surface area contributed by atoms with Gasteiger partial charge in [0.15, 0.2) is 0 Å². The molecule has 10 heteroatoms. The van der Waals surface area contributed by atoms with E-state index in [-0.39, 0.29) is 5.69 Å². The normalized spacial score (nSPS) is 15.2.